The Bertz CT molecular complexity index is 706. The van der Waals surface area contributed by atoms with E-state index < -0.39 is 4.92 Å². The predicted octanol–water partition coefficient (Wildman–Crippen LogP) is 2.51. The topological polar surface area (TPSA) is 114 Å². The molecule has 0 spiro atoms. The van der Waals surface area contributed by atoms with Gasteiger partial charge in [-0.05, 0) is 12.8 Å². The molecule has 0 bridgehead atoms. The summed E-state index contributed by atoms with van der Waals surface area (Å²) in [6, 6.07) is 6.08. The Morgan fingerprint density at radius 1 is 1.36 bits per heavy atom. The lowest BCUT2D eigenvalue weighted by Gasteiger charge is -2.06. The van der Waals surface area contributed by atoms with Crippen molar-refractivity contribution in [1.29, 1.82) is 0 Å². The monoisotopic (exact) mass is 301 g/mol. The standard InChI is InChI=1S/C14H15N5O3/c20-13(9-4-1-2-5-9)16-14-15-12(17-18-14)10-6-3-7-11(8-10)19(21)22/h3,6-9H,1-2,4-5H2,(H2,15,16,17,18,20). The number of nitrogens with zero attached hydrogens (tertiary/aromatic N) is 3. The molecule has 1 aromatic carbocycles. The van der Waals surface area contributed by atoms with Gasteiger partial charge in [-0.3, -0.25) is 25.3 Å². The van der Waals surface area contributed by atoms with E-state index in [9.17, 15) is 14.9 Å². The first-order valence-corrected chi connectivity index (χ1v) is 7.11. The van der Waals surface area contributed by atoms with E-state index in [0.717, 1.165) is 25.7 Å². The molecule has 0 radical (unpaired) electrons. The summed E-state index contributed by atoms with van der Waals surface area (Å²) in [6.07, 6.45) is 3.94. The molecule has 2 N–H and O–H groups in total. The van der Waals surface area contributed by atoms with Gasteiger partial charge in [0.05, 0.1) is 4.92 Å². The number of aromatic amines is 1. The summed E-state index contributed by atoms with van der Waals surface area (Å²) in [6.45, 7) is 0. The zero-order valence-corrected chi connectivity index (χ0v) is 11.8. The molecule has 22 heavy (non-hydrogen) atoms. The van der Waals surface area contributed by atoms with Crippen LogP contribution in [0.3, 0.4) is 0 Å². The Hall–Kier alpha value is -2.77. The number of nitro groups is 1. The van der Waals surface area contributed by atoms with Crippen molar-refractivity contribution in [1.82, 2.24) is 15.2 Å². The van der Waals surface area contributed by atoms with Crippen LogP contribution in [-0.2, 0) is 4.79 Å². The fraction of sp³-hybridized carbons (Fsp3) is 0.357. The van der Waals surface area contributed by atoms with Gasteiger partial charge >= 0.3 is 0 Å². The van der Waals surface area contributed by atoms with Crippen LogP contribution in [0.1, 0.15) is 25.7 Å². The van der Waals surface area contributed by atoms with Gasteiger partial charge in [-0.1, -0.05) is 25.0 Å². The molecule has 1 saturated carbocycles. The fourth-order valence-electron chi connectivity index (χ4n) is 2.61. The van der Waals surface area contributed by atoms with Crippen LogP contribution < -0.4 is 5.32 Å². The minimum atomic E-state index is -0.470. The highest BCUT2D eigenvalue weighted by molar-refractivity contribution is 5.91. The number of nitrogens with one attached hydrogen (secondary N) is 2. The molecule has 1 heterocycles. The minimum absolute atomic E-state index is 0.0227. The normalized spacial score (nSPS) is 14.9. The first kappa shape index (κ1) is 14.2. The zero-order valence-electron chi connectivity index (χ0n) is 11.8. The Morgan fingerprint density at radius 2 is 2.14 bits per heavy atom. The molecule has 0 atom stereocenters. The molecule has 1 aromatic heterocycles. The van der Waals surface area contributed by atoms with E-state index in [1.165, 1.54) is 12.1 Å². The van der Waals surface area contributed by atoms with Crippen molar-refractivity contribution in [2.45, 2.75) is 25.7 Å². The van der Waals surface area contributed by atoms with E-state index in [4.69, 9.17) is 0 Å². The molecule has 0 saturated heterocycles. The molecule has 8 heteroatoms. The largest absolute Gasteiger partial charge is 0.293 e. The molecule has 0 aliphatic heterocycles. The number of nitro benzene ring substituents is 1. The number of aromatic nitrogens is 3. The third-order valence-electron chi connectivity index (χ3n) is 3.78. The van der Waals surface area contributed by atoms with Crippen LogP contribution in [0.5, 0.6) is 0 Å². The number of amides is 1. The van der Waals surface area contributed by atoms with E-state index in [2.05, 4.69) is 20.5 Å². The second-order valence-corrected chi connectivity index (χ2v) is 5.29. The van der Waals surface area contributed by atoms with Gasteiger partial charge in [-0.25, -0.2) is 0 Å². The molecule has 1 aliphatic carbocycles. The highest BCUT2D eigenvalue weighted by Crippen LogP contribution is 2.26. The average Bonchev–Trinajstić information content (AvgIpc) is 3.19. The predicted molar refractivity (Wildman–Crippen MR) is 79.1 cm³/mol. The molecule has 3 rings (SSSR count). The lowest BCUT2D eigenvalue weighted by Crippen LogP contribution is -2.20. The molecule has 1 aliphatic rings. The molecule has 1 amide bonds. The number of carbonyl (C=O) groups excluding carboxylic acids is 1. The third-order valence-corrected chi connectivity index (χ3v) is 3.78. The van der Waals surface area contributed by atoms with E-state index in [1.54, 1.807) is 12.1 Å². The van der Waals surface area contributed by atoms with Crippen LogP contribution in [0.25, 0.3) is 11.4 Å². The molecule has 1 fully saturated rings. The quantitative estimate of drug-likeness (QED) is 0.665. The summed E-state index contributed by atoms with van der Waals surface area (Å²) in [5, 5.41) is 20.1. The van der Waals surface area contributed by atoms with Crippen molar-refractivity contribution in [3.8, 4) is 11.4 Å². The highest BCUT2D eigenvalue weighted by Gasteiger charge is 2.23. The third kappa shape index (κ3) is 2.95. The van der Waals surface area contributed by atoms with Crippen LogP contribution >= 0.6 is 0 Å². The fourth-order valence-corrected chi connectivity index (χ4v) is 2.61. The van der Waals surface area contributed by atoms with Gasteiger partial charge in [0.2, 0.25) is 11.9 Å². The zero-order chi connectivity index (χ0) is 15.5. The Balaban J connectivity index is 1.74. The van der Waals surface area contributed by atoms with Crippen LogP contribution in [0.4, 0.5) is 11.6 Å². The van der Waals surface area contributed by atoms with E-state index in [-0.39, 0.29) is 23.5 Å². The summed E-state index contributed by atoms with van der Waals surface area (Å²) in [5.74, 6) is 0.533. The average molecular weight is 301 g/mol. The van der Waals surface area contributed by atoms with Crippen LogP contribution in [0.2, 0.25) is 0 Å². The Morgan fingerprint density at radius 3 is 2.86 bits per heavy atom. The van der Waals surface area contributed by atoms with Gasteiger partial charge in [-0.2, -0.15) is 4.98 Å². The van der Waals surface area contributed by atoms with Gasteiger partial charge in [0.25, 0.3) is 5.69 Å². The van der Waals surface area contributed by atoms with Crippen molar-refractivity contribution in [2.24, 2.45) is 5.92 Å². The number of rotatable bonds is 4. The smallest absolute Gasteiger partial charge is 0.270 e. The van der Waals surface area contributed by atoms with Crippen molar-refractivity contribution in [2.75, 3.05) is 5.32 Å². The number of H-pyrrole nitrogens is 1. The lowest BCUT2D eigenvalue weighted by molar-refractivity contribution is -0.384. The van der Waals surface area contributed by atoms with Gasteiger partial charge < -0.3 is 0 Å². The van der Waals surface area contributed by atoms with Gasteiger partial charge in [-0.15, -0.1) is 5.10 Å². The first-order chi connectivity index (χ1) is 10.6. The molecular formula is C14H15N5O3. The number of hydrogen-bond donors (Lipinski definition) is 2. The maximum absolute atomic E-state index is 12.0. The van der Waals surface area contributed by atoms with Gasteiger partial charge in [0, 0.05) is 23.6 Å². The van der Waals surface area contributed by atoms with E-state index >= 15 is 0 Å². The molecule has 2 aromatic rings. The summed E-state index contributed by atoms with van der Waals surface area (Å²) in [7, 11) is 0. The second kappa shape index (κ2) is 5.92. The molecule has 8 nitrogen and oxygen atoms in total. The number of carbonyl (C=O) groups is 1. The van der Waals surface area contributed by atoms with Crippen molar-refractivity contribution < 1.29 is 9.72 Å². The Kier molecular flexibility index (Phi) is 3.82. The molecule has 114 valence electrons. The summed E-state index contributed by atoms with van der Waals surface area (Å²) < 4.78 is 0. The van der Waals surface area contributed by atoms with Crippen LogP contribution in [0.15, 0.2) is 24.3 Å². The number of non-ortho nitro benzene ring substituents is 1. The van der Waals surface area contributed by atoms with Gasteiger partial charge in [0.15, 0.2) is 5.82 Å². The molecular weight excluding hydrogens is 286 g/mol. The Labute approximate surface area is 126 Å². The number of hydrogen-bond acceptors (Lipinski definition) is 5. The highest BCUT2D eigenvalue weighted by atomic mass is 16.6. The van der Waals surface area contributed by atoms with Crippen molar-refractivity contribution in [3.05, 3.63) is 34.4 Å². The molecule has 0 unspecified atom stereocenters. The van der Waals surface area contributed by atoms with Crippen molar-refractivity contribution >= 4 is 17.5 Å². The number of anilines is 1. The SMILES string of the molecule is O=C(Nc1n[nH]c(-c2cccc([N+](=O)[O-])c2)n1)C1CCCC1. The lowest BCUT2D eigenvalue weighted by atomic mass is 10.1. The second-order valence-electron chi connectivity index (χ2n) is 5.29. The van der Waals surface area contributed by atoms with E-state index in [0.29, 0.717) is 11.4 Å². The minimum Gasteiger partial charge on any atom is -0.293 e. The maximum Gasteiger partial charge on any atom is 0.270 e. The van der Waals surface area contributed by atoms with E-state index in [1.807, 2.05) is 0 Å². The van der Waals surface area contributed by atoms with Crippen LogP contribution in [-0.4, -0.2) is 26.0 Å². The summed E-state index contributed by atoms with van der Waals surface area (Å²) in [5.41, 5.74) is 0.522. The van der Waals surface area contributed by atoms with Crippen molar-refractivity contribution in [3.63, 3.8) is 0 Å². The maximum atomic E-state index is 12.0. The van der Waals surface area contributed by atoms with Crippen LogP contribution in [0, 0.1) is 16.0 Å². The number of benzene rings is 1. The summed E-state index contributed by atoms with van der Waals surface area (Å²) >= 11 is 0. The first-order valence-electron chi connectivity index (χ1n) is 7.11. The van der Waals surface area contributed by atoms with Gasteiger partial charge in [0.1, 0.15) is 0 Å². The summed E-state index contributed by atoms with van der Waals surface area (Å²) in [4.78, 5) is 26.5.